The molecule has 0 atom stereocenters. The van der Waals surface area contributed by atoms with E-state index >= 15 is 0 Å². The Morgan fingerprint density at radius 1 is 1.24 bits per heavy atom. The predicted molar refractivity (Wildman–Crippen MR) is 97.5 cm³/mol. The number of benzene rings is 2. The predicted octanol–water partition coefficient (Wildman–Crippen LogP) is 4.42. The fourth-order valence-electron chi connectivity index (χ4n) is 2.46. The number of hydrogen-bond acceptors (Lipinski definition) is 4. The van der Waals surface area contributed by atoms with E-state index in [0.29, 0.717) is 17.1 Å². The lowest BCUT2D eigenvalue weighted by atomic mass is 10.1. The van der Waals surface area contributed by atoms with Gasteiger partial charge in [0.25, 0.3) is 0 Å². The van der Waals surface area contributed by atoms with Gasteiger partial charge in [0.05, 0.1) is 0 Å². The number of hydrogen-bond donors (Lipinski definition) is 3. The van der Waals surface area contributed by atoms with Crippen LogP contribution in [0.3, 0.4) is 0 Å². The Kier molecular flexibility index (Phi) is 4.61. The van der Waals surface area contributed by atoms with E-state index in [0.717, 1.165) is 10.8 Å². The molecule has 2 aromatic carbocycles. The van der Waals surface area contributed by atoms with E-state index in [2.05, 4.69) is 10.3 Å². The lowest BCUT2D eigenvalue weighted by Crippen LogP contribution is -2.08. The Morgan fingerprint density at radius 2 is 2.08 bits per heavy atom. The van der Waals surface area contributed by atoms with Crippen molar-refractivity contribution in [3.8, 4) is 11.5 Å². The van der Waals surface area contributed by atoms with Crippen molar-refractivity contribution < 1.29 is 9.13 Å². The summed E-state index contributed by atoms with van der Waals surface area (Å²) in [5.41, 5.74) is 6.49. The SMILES string of the molecule is C/C(=C\C(=N)N)Nc1ccc(Oc2cccc3cnccc23)c(F)c1. The van der Waals surface area contributed by atoms with Crippen LogP contribution >= 0.6 is 0 Å². The molecular formula is C19H17FN4O. The van der Waals surface area contributed by atoms with E-state index in [1.54, 1.807) is 37.5 Å². The topological polar surface area (TPSA) is 84.0 Å². The molecule has 3 rings (SSSR count). The number of ether oxygens (including phenoxy) is 1. The Bertz CT molecular complexity index is 963. The second kappa shape index (κ2) is 7.00. The van der Waals surface area contributed by atoms with Gasteiger partial charge in [0.1, 0.15) is 11.6 Å². The van der Waals surface area contributed by atoms with E-state index in [1.165, 1.54) is 12.1 Å². The summed E-state index contributed by atoms with van der Waals surface area (Å²) in [6, 6.07) is 12.0. The lowest BCUT2D eigenvalue weighted by molar-refractivity contribution is 0.447. The summed E-state index contributed by atoms with van der Waals surface area (Å²) in [6.45, 7) is 1.74. The van der Waals surface area contributed by atoms with Crippen LogP contribution in [-0.2, 0) is 0 Å². The average Bonchev–Trinajstić information content (AvgIpc) is 2.57. The van der Waals surface area contributed by atoms with Gasteiger partial charge in [-0.15, -0.1) is 0 Å². The van der Waals surface area contributed by atoms with Crippen molar-refractivity contribution in [3.05, 3.63) is 72.4 Å². The first-order valence-electron chi connectivity index (χ1n) is 7.62. The van der Waals surface area contributed by atoms with Gasteiger partial charge < -0.3 is 15.8 Å². The van der Waals surface area contributed by atoms with Crippen LogP contribution in [0.5, 0.6) is 11.5 Å². The molecule has 6 heteroatoms. The Labute approximate surface area is 144 Å². The smallest absolute Gasteiger partial charge is 0.167 e. The summed E-state index contributed by atoms with van der Waals surface area (Å²) in [5.74, 6) is 0.123. The summed E-state index contributed by atoms with van der Waals surface area (Å²) >= 11 is 0. The number of allylic oxidation sites excluding steroid dienone is 1. The maximum Gasteiger partial charge on any atom is 0.167 e. The van der Waals surface area contributed by atoms with Gasteiger partial charge in [-0.3, -0.25) is 10.4 Å². The van der Waals surface area contributed by atoms with Crippen LogP contribution in [0.2, 0.25) is 0 Å². The molecule has 0 aliphatic rings. The van der Waals surface area contributed by atoms with Crippen molar-refractivity contribution in [1.29, 1.82) is 5.41 Å². The zero-order valence-electron chi connectivity index (χ0n) is 13.6. The number of pyridine rings is 1. The highest BCUT2D eigenvalue weighted by Gasteiger charge is 2.09. The molecule has 1 heterocycles. The highest BCUT2D eigenvalue weighted by atomic mass is 19.1. The van der Waals surface area contributed by atoms with E-state index in [9.17, 15) is 4.39 Å². The maximum atomic E-state index is 14.4. The van der Waals surface area contributed by atoms with Crippen molar-refractivity contribution in [2.75, 3.05) is 5.32 Å². The van der Waals surface area contributed by atoms with Crippen LogP contribution in [0.4, 0.5) is 10.1 Å². The number of amidine groups is 1. The molecule has 0 aliphatic carbocycles. The Hall–Kier alpha value is -3.41. The molecule has 0 amide bonds. The number of nitrogens with one attached hydrogen (secondary N) is 2. The van der Waals surface area contributed by atoms with E-state index in [1.807, 2.05) is 18.2 Å². The molecule has 0 saturated carbocycles. The van der Waals surface area contributed by atoms with Gasteiger partial charge >= 0.3 is 0 Å². The third-order valence-corrected chi connectivity index (χ3v) is 3.51. The van der Waals surface area contributed by atoms with Gasteiger partial charge in [-0.05, 0) is 37.3 Å². The third-order valence-electron chi connectivity index (χ3n) is 3.51. The van der Waals surface area contributed by atoms with E-state index < -0.39 is 5.82 Å². The number of aromatic nitrogens is 1. The first-order valence-corrected chi connectivity index (χ1v) is 7.62. The fourth-order valence-corrected chi connectivity index (χ4v) is 2.46. The minimum Gasteiger partial charge on any atom is -0.454 e. The molecule has 4 N–H and O–H groups in total. The molecule has 0 fully saturated rings. The Morgan fingerprint density at radius 3 is 2.84 bits per heavy atom. The van der Waals surface area contributed by atoms with Gasteiger partial charge in [-0.2, -0.15) is 0 Å². The summed E-state index contributed by atoms with van der Waals surface area (Å²) < 4.78 is 20.1. The highest BCUT2D eigenvalue weighted by molar-refractivity contribution is 5.89. The van der Waals surface area contributed by atoms with Crippen LogP contribution in [0.1, 0.15) is 6.92 Å². The molecule has 0 spiro atoms. The number of rotatable bonds is 5. The number of nitrogens with two attached hydrogens (primary N) is 1. The monoisotopic (exact) mass is 336 g/mol. The Balaban J connectivity index is 1.85. The van der Waals surface area contributed by atoms with Crippen LogP contribution in [0.25, 0.3) is 10.8 Å². The normalized spacial score (nSPS) is 11.4. The molecule has 0 unspecified atom stereocenters. The van der Waals surface area contributed by atoms with Crippen molar-refractivity contribution in [2.24, 2.45) is 5.73 Å². The quantitative estimate of drug-likeness (QED) is 0.476. The molecule has 3 aromatic rings. The largest absolute Gasteiger partial charge is 0.454 e. The molecule has 0 saturated heterocycles. The van der Waals surface area contributed by atoms with Gasteiger partial charge in [0, 0.05) is 40.6 Å². The van der Waals surface area contributed by atoms with Crippen LogP contribution in [0.15, 0.2) is 66.6 Å². The van der Waals surface area contributed by atoms with E-state index in [-0.39, 0.29) is 11.6 Å². The van der Waals surface area contributed by atoms with Gasteiger partial charge in [0.2, 0.25) is 0 Å². The second-order valence-corrected chi connectivity index (χ2v) is 5.51. The average molecular weight is 336 g/mol. The molecule has 1 aromatic heterocycles. The van der Waals surface area contributed by atoms with Crippen LogP contribution in [0, 0.1) is 11.2 Å². The zero-order chi connectivity index (χ0) is 17.8. The van der Waals surface area contributed by atoms with Gasteiger partial charge in [-0.25, -0.2) is 4.39 Å². The molecule has 0 radical (unpaired) electrons. The van der Waals surface area contributed by atoms with Crippen molar-refractivity contribution >= 4 is 22.3 Å². The molecule has 126 valence electrons. The minimum atomic E-state index is -0.494. The molecular weight excluding hydrogens is 319 g/mol. The minimum absolute atomic E-state index is 0.0733. The maximum absolute atomic E-state index is 14.4. The zero-order valence-corrected chi connectivity index (χ0v) is 13.6. The molecule has 0 aliphatic heterocycles. The summed E-state index contributed by atoms with van der Waals surface area (Å²) in [5, 5.41) is 12.0. The molecule has 0 bridgehead atoms. The summed E-state index contributed by atoms with van der Waals surface area (Å²) in [4.78, 5) is 4.07. The first-order chi connectivity index (χ1) is 12.0. The number of nitrogens with zero attached hydrogens (tertiary/aromatic N) is 1. The van der Waals surface area contributed by atoms with Crippen molar-refractivity contribution in [3.63, 3.8) is 0 Å². The highest BCUT2D eigenvalue weighted by Crippen LogP contribution is 2.31. The van der Waals surface area contributed by atoms with Gasteiger partial charge in [0.15, 0.2) is 11.6 Å². The van der Waals surface area contributed by atoms with Crippen molar-refractivity contribution in [2.45, 2.75) is 6.92 Å². The third kappa shape index (κ3) is 3.92. The van der Waals surface area contributed by atoms with E-state index in [4.69, 9.17) is 15.9 Å². The number of anilines is 1. The second-order valence-electron chi connectivity index (χ2n) is 5.51. The molecule has 25 heavy (non-hydrogen) atoms. The summed E-state index contributed by atoms with van der Waals surface area (Å²) in [6.07, 6.45) is 4.85. The number of halogens is 1. The number of fused-ring (bicyclic) bond motifs is 1. The first kappa shape index (κ1) is 16.4. The fraction of sp³-hybridized carbons (Fsp3) is 0.0526. The summed E-state index contributed by atoms with van der Waals surface area (Å²) in [7, 11) is 0. The standard InChI is InChI=1S/C19H17FN4O/c1-12(9-19(21)22)24-14-5-6-18(16(20)10-14)25-17-4-2-3-13-11-23-8-7-15(13)17/h2-11,24H,1H3,(H3,21,22)/b12-9+. The van der Waals surface area contributed by atoms with Gasteiger partial charge in [-0.1, -0.05) is 12.1 Å². The molecule has 5 nitrogen and oxygen atoms in total. The van der Waals surface area contributed by atoms with Crippen LogP contribution in [-0.4, -0.2) is 10.8 Å². The van der Waals surface area contributed by atoms with Crippen LogP contribution < -0.4 is 15.8 Å². The lowest BCUT2D eigenvalue weighted by Gasteiger charge is -2.12. The van der Waals surface area contributed by atoms with Crippen molar-refractivity contribution in [1.82, 2.24) is 4.98 Å².